The summed E-state index contributed by atoms with van der Waals surface area (Å²) in [6.07, 6.45) is 0. The largest absolute Gasteiger partial charge is 0.295 e. The topological polar surface area (TPSA) is 17.8 Å². The van der Waals surface area contributed by atoms with Gasteiger partial charge in [0.15, 0.2) is 0 Å². The highest BCUT2D eigenvalue weighted by Crippen LogP contribution is 2.30. The van der Waals surface area contributed by atoms with Crippen molar-refractivity contribution in [2.24, 2.45) is 0 Å². The molecule has 0 spiro atoms. The first-order valence-electron chi connectivity index (χ1n) is 7.18. The molecule has 2 nitrogen and oxygen atoms in total. The van der Waals surface area contributed by atoms with Crippen molar-refractivity contribution >= 4 is 22.6 Å². The number of alkyl halides is 1. The molecule has 21 heavy (non-hydrogen) atoms. The summed E-state index contributed by atoms with van der Waals surface area (Å²) in [6.45, 7) is 8.28. The summed E-state index contributed by atoms with van der Waals surface area (Å²) >= 11 is 6.38. The Kier molecular flexibility index (Phi) is 3.50. The Balaban J connectivity index is 2.39. The molecule has 3 rings (SSSR count). The van der Waals surface area contributed by atoms with E-state index in [0.29, 0.717) is 0 Å². The van der Waals surface area contributed by atoms with Gasteiger partial charge in [-0.05, 0) is 62.6 Å². The van der Waals surface area contributed by atoms with Gasteiger partial charge >= 0.3 is 0 Å². The van der Waals surface area contributed by atoms with Gasteiger partial charge < -0.3 is 0 Å². The molecule has 0 amide bonds. The fourth-order valence-corrected chi connectivity index (χ4v) is 2.84. The summed E-state index contributed by atoms with van der Waals surface area (Å²) in [4.78, 5) is 4.75. The SMILES string of the molecule is Cc1ccc(C)c(-n2c(C(C)Cl)nc3cc(C)ccc32)c1. The number of imidazole rings is 1. The molecule has 0 bridgehead atoms. The first kappa shape index (κ1) is 14.2. The molecule has 0 radical (unpaired) electrons. The first-order valence-corrected chi connectivity index (χ1v) is 7.61. The molecule has 0 aliphatic carbocycles. The number of rotatable bonds is 2. The van der Waals surface area contributed by atoms with Crippen LogP contribution in [0, 0.1) is 20.8 Å². The second-order valence-corrected chi connectivity index (χ2v) is 6.36. The monoisotopic (exact) mass is 298 g/mol. The van der Waals surface area contributed by atoms with E-state index < -0.39 is 0 Å². The van der Waals surface area contributed by atoms with Crippen LogP contribution in [0.1, 0.15) is 34.8 Å². The van der Waals surface area contributed by atoms with Crippen molar-refractivity contribution in [2.75, 3.05) is 0 Å². The maximum atomic E-state index is 6.38. The van der Waals surface area contributed by atoms with Gasteiger partial charge in [-0.15, -0.1) is 11.6 Å². The fraction of sp³-hybridized carbons (Fsp3) is 0.278. The Morgan fingerprint density at radius 2 is 1.67 bits per heavy atom. The molecule has 1 heterocycles. The average Bonchev–Trinajstić information content (AvgIpc) is 2.80. The average molecular weight is 299 g/mol. The maximum Gasteiger partial charge on any atom is 0.132 e. The minimum absolute atomic E-state index is 0.141. The highest BCUT2D eigenvalue weighted by atomic mass is 35.5. The Morgan fingerprint density at radius 1 is 1.00 bits per heavy atom. The lowest BCUT2D eigenvalue weighted by Gasteiger charge is -2.14. The van der Waals surface area contributed by atoms with Crippen molar-refractivity contribution in [2.45, 2.75) is 33.1 Å². The Hall–Kier alpha value is -1.80. The van der Waals surface area contributed by atoms with Gasteiger partial charge in [0.25, 0.3) is 0 Å². The zero-order chi connectivity index (χ0) is 15.1. The molecule has 3 aromatic rings. The standard InChI is InChI=1S/C18H19ClN2/c1-11-6-8-16-15(9-11)20-18(14(4)19)21(16)17-10-12(2)5-7-13(17)3/h5-10,14H,1-4H3. The number of hydrogen-bond donors (Lipinski definition) is 0. The number of aryl methyl sites for hydroxylation is 3. The third-order valence-corrected chi connectivity index (χ3v) is 3.99. The highest BCUT2D eigenvalue weighted by molar-refractivity contribution is 6.20. The van der Waals surface area contributed by atoms with Crippen LogP contribution in [-0.2, 0) is 0 Å². The Bertz CT molecular complexity index is 815. The van der Waals surface area contributed by atoms with Crippen molar-refractivity contribution in [3.63, 3.8) is 0 Å². The van der Waals surface area contributed by atoms with Crippen LogP contribution < -0.4 is 0 Å². The van der Waals surface area contributed by atoms with Crippen LogP contribution >= 0.6 is 11.6 Å². The summed E-state index contributed by atoms with van der Waals surface area (Å²) < 4.78 is 2.19. The van der Waals surface area contributed by atoms with E-state index in [9.17, 15) is 0 Å². The van der Waals surface area contributed by atoms with E-state index >= 15 is 0 Å². The Morgan fingerprint density at radius 3 is 2.38 bits per heavy atom. The fourth-order valence-electron chi connectivity index (χ4n) is 2.69. The lowest BCUT2D eigenvalue weighted by Crippen LogP contribution is -2.04. The molecule has 0 saturated carbocycles. The second-order valence-electron chi connectivity index (χ2n) is 5.70. The summed E-state index contributed by atoms with van der Waals surface area (Å²) in [6, 6.07) is 12.8. The van der Waals surface area contributed by atoms with E-state index in [1.807, 2.05) is 6.92 Å². The summed E-state index contributed by atoms with van der Waals surface area (Å²) in [7, 11) is 0. The maximum absolute atomic E-state index is 6.38. The Labute approximate surface area is 130 Å². The van der Waals surface area contributed by atoms with Crippen LogP contribution in [0.2, 0.25) is 0 Å². The minimum Gasteiger partial charge on any atom is -0.295 e. The van der Waals surface area contributed by atoms with Gasteiger partial charge in [0.1, 0.15) is 5.82 Å². The van der Waals surface area contributed by atoms with Crippen LogP contribution in [0.5, 0.6) is 0 Å². The van der Waals surface area contributed by atoms with E-state index in [-0.39, 0.29) is 5.38 Å². The van der Waals surface area contributed by atoms with E-state index in [2.05, 4.69) is 61.7 Å². The van der Waals surface area contributed by atoms with Gasteiger partial charge in [-0.3, -0.25) is 4.57 Å². The molecule has 0 fully saturated rings. The second kappa shape index (κ2) is 5.19. The van der Waals surface area contributed by atoms with Crippen molar-refractivity contribution in [1.29, 1.82) is 0 Å². The third kappa shape index (κ3) is 2.44. The third-order valence-electron chi connectivity index (χ3n) is 3.80. The minimum atomic E-state index is -0.141. The van der Waals surface area contributed by atoms with Crippen LogP contribution in [-0.4, -0.2) is 9.55 Å². The van der Waals surface area contributed by atoms with Gasteiger partial charge in [-0.25, -0.2) is 4.98 Å². The van der Waals surface area contributed by atoms with Crippen molar-refractivity contribution < 1.29 is 0 Å². The molecular formula is C18H19ClN2. The highest BCUT2D eigenvalue weighted by Gasteiger charge is 2.17. The number of halogens is 1. The van der Waals surface area contributed by atoms with Crippen molar-refractivity contribution in [3.8, 4) is 5.69 Å². The molecule has 0 saturated heterocycles. The van der Waals surface area contributed by atoms with E-state index in [0.717, 1.165) is 22.5 Å². The van der Waals surface area contributed by atoms with Gasteiger partial charge in [0, 0.05) is 0 Å². The molecular weight excluding hydrogens is 280 g/mol. The number of nitrogens with zero attached hydrogens (tertiary/aromatic N) is 2. The first-order chi connectivity index (χ1) is 9.97. The van der Waals surface area contributed by atoms with Crippen LogP contribution in [0.15, 0.2) is 36.4 Å². The number of benzene rings is 2. The summed E-state index contributed by atoms with van der Waals surface area (Å²) in [5, 5.41) is -0.141. The van der Waals surface area contributed by atoms with Crippen LogP contribution in [0.4, 0.5) is 0 Å². The zero-order valence-electron chi connectivity index (χ0n) is 12.8. The molecule has 1 unspecified atom stereocenters. The molecule has 0 N–H and O–H groups in total. The molecule has 1 aromatic heterocycles. The molecule has 3 heteroatoms. The number of hydrogen-bond acceptors (Lipinski definition) is 1. The lowest BCUT2D eigenvalue weighted by atomic mass is 10.1. The quantitative estimate of drug-likeness (QED) is 0.591. The number of aromatic nitrogens is 2. The van der Waals surface area contributed by atoms with Gasteiger partial charge in [-0.1, -0.05) is 18.2 Å². The normalized spacial score (nSPS) is 12.8. The summed E-state index contributed by atoms with van der Waals surface area (Å²) in [5.41, 5.74) is 6.93. The van der Waals surface area contributed by atoms with Crippen LogP contribution in [0.25, 0.3) is 16.7 Å². The molecule has 108 valence electrons. The molecule has 1 atom stereocenters. The molecule has 0 aliphatic heterocycles. The lowest BCUT2D eigenvalue weighted by molar-refractivity contribution is 0.877. The van der Waals surface area contributed by atoms with Gasteiger partial charge in [0.05, 0.1) is 22.1 Å². The number of fused-ring (bicyclic) bond motifs is 1. The van der Waals surface area contributed by atoms with Crippen molar-refractivity contribution in [1.82, 2.24) is 9.55 Å². The van der Waals surface area contributed by atoms with Gasteiger partial charge in [0.2, 0.25) is 0 Å². The van der Waals surface area contributed by atoms with Gasteiger partial charge in [-0.2, -0.15) is 0 Å². The predicted molar refractivity (Wildman–Crippen MR) is 89.5 cm³/mol. The van der Waals surface area contributed by atoms with E-state index in [1.165, 1.54) is 16.7 Å². The molecule has 2 aromatic carbocycles. The smallest absolute Gasteiger partial charge is 0.132 e. The van der Waals surface area contributed by atoms with Crippen molar-refractivity contribution in [3.05, 3.63) is 58.9 Å². The van der Waals surface area contributed by atoms with Crippen LogP contribution in [0.3, 0.4) is 0 Å². The van der Waals surface area contributed by atoms with E-state index in [1.54, 1.807) is 0 Å². The summed E-state index contributed by atoms with van der Waals surface area (Å²) in [5.74, 6) is 0.894. The van der Waals surface area contributed by atoms with E-state index in [4.69, 9.17) is 16.6 Å². The zero-order valence-corrected chi connectivity index (χ0v) is 13.6. The predicted octanol–water partition coefficient (Wildman–Crippen LogP) is 5.25. The molecule has 0 aliphatic rings.